The number of carbonyl (C=O) groups is 1. The van der Waals surface area contributed by atoms with Crippen molar-refractivity contribution in [3.8, 4) is 0 Å². The van der Waals surface area contributed by atoms with E-state index in [9.17, 15) is 18.0 Å². The number of halogens is 3. The molecule has 1 aliphatic rings. The van der Waals surface area contributed by atoms with Gasteiger partial charge in [0.1, 0.15) is 10.5 Å². The maximum absolute atomic E-state index is 12.5. The minimum atomic E-state index is -4.35. The second kappa shape index (κ2) is 6.88. The third-order valence-corrected chi connectivity index (χ3v) is 5.43. The van der Waals surface area contributed by atoms with E-state index in [0.29, 0.717) is 17.1 Å². The number of amides is 2. The predicted octanol–water partition coefficient (Wildman–Crippen LogP) is 4.46. The van der Waals surface area contributed by atoms with E-state index in [4.69, 9.17) is 12.2 Å². The third-order valence-electron chi connectivity index (χ3n) is 4.19. The fraction of sp³-hybridized carbons (Fsp3) is 0.235. The minimum Gasteiger partial charge on any atom is -0.304 e. The van der Waals surface area contributed by atoms with Crippen LogP contribution in [0.25, 0.3) is 0 Å². The molecule has 1 fully saturated rings. The summed E-state index contributed by atoms with van der Waals surface area (Å²) < 4.78 is 37.5. The first-order valence-electron chi connectivity index (χ1n) is 7.58. The van der Waals surface area contributed by atoms with E-state index >= 15 is 0 Å². The fourth-order valence-electron chi connectivity index (χ4n) is 2.78. The third kappa shape index (κ3) is 3.68. The largest absolute Gasteiger partial charge is 0.446 e. The molecule has 0 radical (unpaired) electrons. The SMILES string of the molecule is C[C@]1(c2ccc(SC(F)(F)F)cc2)C(=S)NC(=O)N1Cc1ccncc1. The number of nitrogens with one attached hydrogen (secondary N) is 1. The van der Waals surface area contributed by atoms with Gasteiger partial charge < -0.3 is 4.90 Å². The molecule has 2 heterocycles. The first-order valence-corrected chi connectivity index (χ1v) is 8.81. The van der Waals surface area contributed by atoms with Crippen LogP contribution < -0.4 is 5.32 Å². The summed E-state index contributed by atoms with van der Waals surface area (Å²) >= 11 is 5.18. The summed E-state index contributed by atoms with van der Waals surface area (Å²) in [6.07, 6.45) is 3.25. The van der Waals surface area contributed by atoms with Crippen molar-refractivity contribution < 1.29 is 18.0 Å². The first-order chi connectivity index (χ1) is 12.2. The van der Waals surface area contributed by atoms with Crippen LogP contribution in [0.4, 0.5) is 18.0 Å². The van der Waals surface area contributed by atoms with Crippen molar-refractivity contribution >= 4 is 35.0 Å². The highest BCUT2D eigenvalue weighted by Crippen LogP contribution is 2.39. The van der Waals surface area contributed by atoms with Gasteiger partial charge in [-0.2, -0.15) is 13.2 Å². The number of benzene rings is 1. The van der Waals surface area contributed by atoms with Crippen molar-refractivity contribution in [1.82, 2.24) is 15.2 Å². The minimum absolute atomic E-state index is 0.0775. The number of hydrogen-bond donors (Lipinski definition) is 1. The second-order valence-electron chi connectivity index (χ2n) is 5.85. The number of nitrogens with zero attached hydrogens (tertiary/aromatic N) is 2. The number of hydrogen-bond acceptors (Lipinski definition) is 4. The number of aromatic nitrogens is 1. The number of urea groups is 1. The van der Waals surface area contributed by atoms with Gasteiger partial charge in [-0.15, -0.1) is 0 Å². The van der Waals surface area contributed by atoms with Gasteiger partial charge in [-0.25, -0.2) is 4.79 Å². The second-order valence-corrected chi connectivity index (χ2v) is 7.39. The highest BCUT2D eigenvalue weighted by atomic mass is 32.2. The number of alkyl halides is 3. The van der Waals surface area contributed by atoms with Crippen LogP contribution in [0, 0.1) is 0 Å². The zero-order valence-electron chi connectivity index (χ0n) is 13.6. The van der Waals surface area contributed by atoms with E-state index < -0.39 is 11.0 Å². The van der Waals surface area contributed by atoms with Gasteiger partial charge in [0.2, 0.25) is 0 Å². The molecule has 2 aromatic rings. The lowest BCUT2D eigenvalue weighted by atomic mass is 9.91. The standard InChI is InChI=1S/C17H14F3N3OS2/c1-16(12-2-4-13(5-3-12)26-17(18,19)20)14(25)22-15(24)23(16)10-11-6-8-21-9-7-11/h2-9H,10H2,1H3,(H,22,24,25)/t16-/m0/s1. The molecule has 1 aromatic heterocycles. The smallest absolute Gasteiger partial charge is 0.304 e. The summed E-state index contributed by atoms with van der Waals surface area (Å²) in [6.45, 7) is 2.07. The molecule has 1 saturated heterocycles. The molecule has 1 aliphatic heterocycles. The molecule has 1 aromatic carbocycles. The van der Waals surface area contributed by atoms with Crippen LogP contribution >= 0.6 is 24.0 Å². The van der Waals surface area contributed by atoms with E-state index in [1.165, 1.54) is 12.1 Å². The van der Waals surface area contributed by atoms with Crippen LogP contribution in [0.3, 0.4) is 0 Å². The highest BCUT2D eigenvalue weighted by molar-refractivity contribution is 8.00. The number of thioether (sulfide) groups is 1. The molecule has 26 heavy (non-hydrogen) atoms. The monoisotopic (exact) mass is 397 g/mol. The molecule has 0 saturated carbocycles. The molecule has 136 valence electrons. The van der Waals surface area contributed by atoms with Crippen molar-refractivity contribution in [1.29, 1.82) is 0 Å². The Labute approximate surface area is 157 Å². The van der Waals surface area contributed by atoms with Crippen molar-refractivity contribution in [2.75, 3.05) is 0 Å². The maximum atomic E-state index is 12.5. The van der Waals surface area contributed by atoms with Gasteiger partial charge in [0, 0.05) is 23.8 Å². The van der Waals surface area contributed by atoms with Crippen molar-refractivity contribution in [3.05, 3.63) is 59.9 Å². The van der Waals surface area contributed by atoms with Gasteiger partial charge in [-0.05, 0) is 54.1 Å². The van der Waals surface area contributed by atoms with Crippen molar-refractivity contribution in [3.63, 3.8) is 0 Å². The van der Waals surface area contributed by atoms with Gasteiger partial charge in [-0.1, -0.05) is 24.4 Å². The molecule has 2 amide bonds. The molecule has 1 N–H and O–H groups in total. The molecule has 0 bridgehead atoms. The first kappa shape index (κ1) is 18.7. The van der Waals surface area contributed by atoms with E-state index in [1.54, 1.807) is 48.5 Å². The molecule has 4 nitrogen and oxygen atoms in total. The normalized spacial score (nSPS) is 20.4. The molecular formula is C17H14F3N3OS2. The van der Waals surface area contributed by atoms with Crippen LogP contribution in [0.15, 0.2) is 53.7 Å². The van der Waals surface area contributed by atoms with Gasteiger partial charge in [0.15, 0.2) is 0 Å². The van der Waals surface area contributed by atoms with Crippen LogP contribution in [0.2, 0.25) is 0 Å². The molecule has 9 heteroatoms. The van der Waals surface area contributed by atoms with Crippen LogP contribution in [0.1, 0.15) is 18.1 Å². The number of rotatable bonds is 4. The van der Waals surface area contributed by atoms with Gasteiger partial charge in [-0.3, -0.25) is 10.3 Å². The molecule has 3 rings (SSSR count). The fourth-order valence-corrected chi connectivity index (χ4v) is 3.64. The number of pyridine rings is 1. The lowest BCUT2D eigenvalue weighted by Gasteiger charge is -2.34. The molecule has 0 spiro atoms. The topological polar surface area (TPSA) is 45.2 Å². The maximum Gasteiger partial charge on any atom is 0.446 e. The average Bonchev–Trinajstić information content (AvgIpc) is 2.79. The predicted molar refractivity (Wildman–Crippen MR) is 96.6 cm³/mol. The van der Waals surface area contributed by atoms with Crippen LogP contribution in [0.5, 0.6) is 0 Å². The molecule has 0 unspecified atom stereocenters. The van der Waals surface area contributed by atoms with E-state index in [2.05, 4.69) is 10.3 Å². The summed E-state index contributed by atoms with van der Waals surface area (Å²) in [5.41, 5.74) is -3.78. The van der Waals surface area contributed by atoms with Gasteiger partial charge in [0.05, 0.1) is 0 Å². The van der Waals surface area contributed by atoms with E-state index in [-0.39, 0.29) is 22.7 Å². The number of thiocarbonyl (C=S) groups is 1. The highest BCUT2D eigenvalue weighted by Gasteiger charge is 2.47. The Hall–Kier alpha value is -2.13. The zero-order chi connectivity index (χ0) is 18.9. The zero-order valence-corrected chi connectivity index (χ0v) is 15.2. The number of carbonyl (C=O) groups excluding carboxylic acids is 1. The Morgan fingerprint density at radius 3 is 2.38 bits per heavy atom. The lowest BCUT2D eigenvalue weighted by molar-refractivity contribution is -0.0328. The van der Waals surface area contributed by atoms with Crippen molar-refractivity contribution in [2.45, 2.75) is 29.4 Å². The van der Waals surface area contributed by atoms with Crippen molar-refractivity contribution in [2.24, 2.45) is 0 Å². The van der Waals surface area contributed by atoms with E-state index in [1.807, 2.05) is 0 Å². The Morgan fingerprint density at radius 2 is 1.81 bits per heavy atom. The van der Waals surface area contributed by atoms with Gasteiger partial charge in [0.25, 0.3) is 0 Å². The molecule has 0 aliphatic carbocycles. The Balaban J connectivity index is 1.91. The summed E-state index contributed by atoms with van der Waals surface area (Å²) in [6, 6.07) is 9.14. The van der Waals surface area contributed by atoms with Crippen LogP contribution in [-0.4, -0.2) is 26.4 Å². The summed E-state index contributed by atoms with van der Waals surface area (Å²) in [7, 11) is 0. The average molecular weight is 397 g/mol. The lowest BCUT2D eigenvalue weighted by Crippen LogP contribution is -2.43. The Morgan fingerprint density at radius 1 is 1.19 bits per heavy atom. The van der Waals surface area contributed by atoms with E-state index in [0.717, 1.165) is 5.56 Å². The van der Waals surface area contributed by atoms with Gasteiger partial charge >= 0.3 is 11.5 Å². The molecular weight excluding hydrogens is 383 g/mol. The quantitative estimate of drug-likeness (QED) is 0.611. The Bertz CT molecular complexity index is 827. The summed E-state index contributed by atoms with van der Waals surface area (Å²) in [4.78, 5) is 18.3. The summed E-state index contributed by atoms with van der Waals surface area (Å²) in [5, 5.41) is 2.65. The molecule has 1 atom stereocenters. The van der Waals surface area contributed by atoms with Crippen LogP contribution in [-0.2, 0) is 12.1 Å². The Kier molecular flexibility index (Phi) is 4.94. The summed E-state index contributed by atoms with van der Waals surface area (Å²) in [5.74, 6) is 0.